The van der Waals surface area contributed by atoms with Gasteiger partial charge in [-0.3, -0.25) is 9.48 Å². The van der Waals surface area contributed by atoms with Crippen molar-refractivity contribution in [2.24, 2.45) is 7.05 Å². The molecule has 0 fully saturated rings. The predicted molar refractivity (Wildman–Crippen MR) is 73.7 cm³/mol. The van der Waals surface area contributed by atoms with E-state index in [1.54, 1.807) is 0 Å². The molecule has 2 aromatic rings. The highest BCUT2D eigenvalue weighted by molar-refractivity contribution is 5.69. The summed E-state index contributed by atoms with van der Waals surface area (Å²) in [5.74, 6) is -0.206. The topological polar surface area (TPSA) is 44.1 Å². The molecule has 0 aliphatic carbocycles. The highest BCUT2D eigenvalue weighted by atomic mass is 16.5. The summed E-state index contributed by atoms with van der Waals surface area (Å²) < 4.78 is 6.48. The maximum absolute atomic E-state index is 11.1. The Balaban J connectivity index is 2.16. The number of hydrogen-bond donors (Lipinski definition) is 0. The van der Waals surface area contributed by atoms with E-state index in [9.17, 15) is 4.79 Å². The Bertz CT molecular complexity index is 570. The number of carbonyl (C=O) groups excluding carboxylic acids is 1. The minimum atomic E-state index is -0.206. The summed E-state index contributed by atoms with van der Waals surface area (Å²) >= 11 is 0. The standard InChI is InChI=1S/C15H18N2O2/c1-11-4-6-12(7-5-11)14-10-13(16-17(14)2)8-9-15(18)19-3/h4-7,10H,8-9H2,1-3H3. The van der Waals surface area contributed by atoms with Gasteiger partial charge in [-0.2, -0.15) is 5.10 Å². The smallest absolute Gasteiger partial charge is 0.305 e. The zero-order valence-corrected chi connectivity index (χ0v) is 11.5. The van der Waals surface area contributed by atoms with E-state index < -0.39 is 0 Å². The van der Waals surface area contributed by atoms with E-state index in [0.29, 0.717) is 12.8 Å². The van der Waals surface area contributed by atoms with Crippen molar-refractivity contribution in [1.82, 2.24) is 9.78 Å². The fraction of sp³-hybridized carbons (Fsp3) is 0.333. The molecule has 0 bridgehead atoms. The molecule has 1 heterocycles. The number of carbonyl (C=O) groups is 1. The summed E-state index contributed by atoms with van der Waals surface area (Å²) in [6, 6.07) is 10.3. The van der Waals surface area contributed by atoms with Crippen molar-refractivity contribution in [3.8, 4) is 11.3 Å². The van der Waals surface area contributed by atoms with Crippen LogP contribution in [0.5, 0.6) is 0 Å². The summed E-state index contributed by atoms with van der Waals surface area (Å²) in [6.45, 7) is 2.06. The lowest BCUT2D eigenvalue weighted by molar-refractivity contribution is -0.140. The molecule has 0 aliphatic rings. The van der Waals surface area contributed by atoms with Gasteiger partial charge in [-0.15, -0.1) is 0 Å². The highest BCUT2D eigenvalue weighted by Crippen LogP contribution is 2.20. The first-order chi connectivity index (χ1) is 9.10. The molecule has 1 aromatic carbocycles. The van der Waals surface area contributed by atoms with Crippen LogP contribution >= 0.6 is 0 Å². The molecule has 0 saturated heterocycles. The minimum Gasteiger partial charge on any atom is -0.469 e. The van der Waals surface area contributed by atoms with Crippen molar-refractivity contribution in [1.29, 1.82) is 0 Å². The fourth-order valence-corrected chi connectivity index (χ4v) is 1.98. The number of methoxy groups -OCH3 is 1. The molecule has 0 radical (unpaired) electrons. The Kier molecular flexibility index (Phi) is 4.00. The Labute approximate surface area is 113 Å². The molecule has 19 heavy (non-hydrogen) atoms. The average molecular weight is 258 g/mol. The quantitative estimate of drug-likeness (QED) is 0.791. The number of esters is 1. The van der Waals surface area contributed by atoms with Crippen LogP contribution in [0.3, 0.4) is 0 Å². The molecule has 0 atom stereocenters. The van der Waals surface area contributed by atoms with E-state index in [1.807, 2.05) is 17.8 Å². The second-order valence-corrected chi connectivity index (χ2v) is 4.59. The first-order valence-electron chi connectivity index (χ1n) is 6.27. The van der Waals surface area contributed by atoms with Gasteiger partial charge in [-0.1, -0.05) is 29.8 Å². The maximum Gasteiger partial charge on any atom is 0.305 e. The van der Waals surface area contributed by atoms with Gasteiger partial charge >= 0.3 is 5.97 Å². The number of ether oxygens (including phenoxy) is 1. The van der Waals surface area contributed by atoms with Crippen LogP contribution in [0.4, 0.5) is 0 Å². The van der Waals surface area contributed by atoms with Gasteiger partial charge in [0.2, 0.25) is 0 Å². The van der Waals surface area contributed by atoms with E-state index in [4.69, 9.17) is 0 Å². The molecule has 0 spiro atoms. The predicted octanol–water partition coefficient (Wildman–Crippen LogP) is 2.50. The zero-order chi connectivity index (χ0) is 13.8. The van der Waals surface area contributed by atoms with Crippen molar-refractivity contribution < 1.29 is 9.53 Å². The van der Waals surface area contributed by atoms with Crippen LogP contribution in [0.2, 0.25) is 0 Å². The minimum absolute atomic E-state index is 0.206. The van der Waals surface area contributed by atoms with Gasteiger partial charge in [-0.05, 0) is 18.6 Å². The Morgan fingerprint density at radius 1 is 1.32 bits per heavy atom. The van der Waals surface area contributed by atoms with E-state index in [-0.39, 0.29) is 5.97 Å². The van der Waals surface area contributed by atoms with Gasteiger partial charge in [-0.25, -0.2) is 0 Å². The van der Waals surface area contributed by atoms with Gasteiger partial charge in [0.25, 0.3) is 0 Å². The lowest BCUT2D eigenvalue weighted by atomic mass is 10.1. The second kappa shape index (κ2) is 5.69. The zero-order valence-electron chi connectivity index (χ0n) is 11.5. The average Bonchev–Trinajstić information content (AvgIpc) is 2.78. The molecule has 0 N–H and O–H groups in total. The summed E-state index contributed by atoms with van der Waals surface area (Å²) in [4.78, 5) is 11.1. The Morgan fingerprint density at radius 2 is 2.00 bits per heavy atom. The fourth-order valence-electron chi connectivity index (χ4n) is 1.98. The highest BCUT2D eigenvalue weighted by Gasteiger charge is 2.09. The third-order valence-corrected chi connectivity index (χ3v) is 3.09. The lowest BCUT2D eigenvalue weighted by Gasteiger charge is -2.01. The molecule has 100 valence electrons. The summed E-state index contributed by atoms with van der Waals surface area (Å²) in [7, 11) is 3.31. The third kappa shape index (κ3) is 3.22. The van der Waals surface area contributed by atoms with E-state index >= 15 is 0 Å². The van der Waals surface area contributed by atoms with Crippen LogP contribution in [0.1, 0.15) is 17.7 Å². The molecular weight excluding hydrogens is 240 g/mol. The lowest BCUT2D eigenvalue weighted by Crippen LogP contribution is -2.02. The second-order valence-electron chi connectivity index (χ2n) is 4.59. The van der Waals surface area contributed by atoms with Gasteiger partial charge < -0.3 is 4.74 Å². The molecule has 1 aromatic heterocycles. The van der Waals surface area contributed by atoms with Crippen molar-refractivity contribution in [2.45, 2.75) is 19.8 Å². The van der Waals surface area contributed by atoms with Crippen molar-refractivity contribution >= 4 is 5.97 Å². The van der Waals surface area contributed by atoms with E-state index in [0.717, 1.165) is 17.0 Å². The van der Waals surface area contributed by atoms with Crippen LogP contribution < -0.4 is 0 Å². The van der Waals surface area contributed by atoms with Crippen molar-refractivity contribution in [2.75, 3.05) is 7.11 Å². The van der Waals surface area contributed by atoms with Gasteiger partial charge in [0.05, 0.1) is 24.9 Å². The van der Waals surface area contributed by atoms with Crippen molar-refractivity contribution in [3.05, 3.63) is 41.6 Å². The molecule has 2 rings (SSSR count). The largest absolute Gasteiger partial charge is 0.469 e. The third-order valence-electron chi connectivity index (χ3n) is 3.09. The number of nitrogens with zero attached hydrogens (tertiary/aromatic N) is 2. The first-order valence-corrected chi connectivity index (χ1v) is 6.27. The number of benzene rings is 1. The number of aromatic nitrogens is 2. The van der Waals surface area contributed by atoms with Crippen LogP contribution in [0, 0.1) is 6.92 Å². The number of hydrogen-bond acceptors (Lipinski definition) is 3. The summed E-state index contributed by atoms with van der Waals surface area (Å²) in [5, 5.41) is 4.42. The number of aryl methyl sites for hydroxylation is 3. The normalized spacial score (nSPS) is 10.5. The Hall–Kier alpha value is -2.10. The monoisotopic (exact) mass is 258 g/mol. The van der Waals surface area contributed by atoms with E-state index in [1.165, 1.54) is 12.7 Å². The van der Waals surface area contributed by atoms with E-state index in [2.05, 4.69) is 41.0 Å². The molecule has 4 nitrogen and oxygen atoms in total. The molecule has 4 heteroatoms. The summed E-state index contributed by atoms with van der Waals surface area (Å²) in [5.41, 5.74) is 4.32. The van der Waals surface area contributed by atoms with Gasteiger partial charge in [0.1, 0.15) is 0 Å². The summed E-state index contributed by atoms with van der Waals surface area (Å²) in [6.07, 6.45) is 0.966. The van der Waals surface area contributed by atoms with Crippen molar-refractivity contribution in [3.63, 3.8) is 0 Å². The van der Waals surface area contributed by atoms with Crippen LogP contribution in [0.25, 0.3) is 11.3 Å². The van der Waals surface area contributed by atoms with Crippen LogP contribution in [-0.4, -0.2) is 22.9 Å². The molecular formula is C15H18N2O2. The SMILES string of the molecule is COC(=O)CCc1cc(-c2ccc(C)cc2)n(C)n1. The maximum atomic E-state index is 11.1. The molecule has 0 unspecified atom stereocenters. The molecule has 0 amide bonds. The molecule has 0 saturated carbocycles. The first kappa shape index (κ1) is 13.3. The van der Waals surface area contributed by atoms with Gasteiger partial charge in [0.15, 0.2) is 0 Å². The Morgan fingerprint density at radius 3 is 2.63 bits per heavy atom. The van der Waals surface area contributed by atoms with Crippen LogP contribution in [0.15, 0.2) is 30.3 Å². The number of rotatable bonds is 4. The van der Waals surface area contributed by atoms with Gasteiger partial charge in [0, 0.05) is 13.5 Å². The van der Waals surface area contributed by atoms with Crippen LogP contribution in [-0.2, 0) is 23.0 Å². The molecule has 0 aliphatic heterocycles.